The largest absolute Gasteiger partial charge is 0.337 e. The number of aromatic nitrogens is 1. The van der Waals surface area contributed by atoms with E-state index in [1.165, 1.54) is 23.5 Å². The molecule has 1 aliphatic rings. The van der Waals surface area contributed by atoms with Crippen molar-refractivity contribution in [1.82, 2.24) is 9.88 Å². The maximum atomic E-state index is 14.1. The molecule has 3 heterocycles. The van der Waals surface area contributed by atoms with Crippen LogP contribution in [-0.2, 0) is 22.6 Å². The molecule has 8 heteroatoms. The number of nitrogens with two attached hydrogens (primary N) is 1. The van der Waals surface area contributed by atoms with Crippen LogP contribution in [0.1, 0.15) is 28.0 Å². The highest BCUT2D eigenvalue weighted by molar-refractivity contribution is 7.19. The third-order valence-electron chi connectivity index (χ3n) is 5.48. The molecule has 31 heavy (non-hydrogen) atoms. The summed E-state index contributed by atoms with van der Waals surface area (Å²) in [6.07, 6.45) is 5.99. The van der Waals surface area contributed by atoms with Crippen LogP contribution in [0.5, 0.6) is 0 Å². The average Bonchev–Trinajstić information content (AvgIpc) is 2.99. The van der Waals surface area contributed by atoms with Gasteiger partial charge in [0.05, 0.1) is 17.3 Å². The lowest BCUT2D eigenvalue weighted by Crippen LogP contribution is -2.34. The van der Waals surface area contributed by atoms with Gasteiger partial charge < -0.3 is 16.0 Å². The summed E-state index contributed by atoms with van der Waals surface area (Å²) >= 11 is 1.38. The Morgan fingerprint density at radius 3 is 3.03 bits per heavy atom. The number of carbonyl (C=O) groups is 2. The first kappa shape index (κ1) is 21.1. The van der Waals surface area contributed by atoms with Crippen LogP contribution in [0.25, 0.3) is 16.2 Å². The molecule has 0 radical (unpaired) electrons. The van der Waals surface area contributed by atoms with Gasteiger partial charge in [0.2, 0.25) is 11.8 Å². The third kappa shape index (κ3) is 4.35. The predicted molar refractivity (Wildman–Crippen MR) is 121 cm³/mol. The van der Waals surface area contributed by atoms with Crippen molar-refractivity contribution in [3.05, 3.63) is 63.9 Å². The van der Waals surface area contributed by atoms with Gasteiger partial charge in [-0.05, 0) is 60.1 Å². The van der Waals surface area contributed by atoms with Gasteiger partial charge >= 0.3 is 0 Å². The number of nitrogens with zero attached hydrogens (tertiary/aromatic N) is 2. The van der Waals surface area contributed by atoms with Crippen molar-refractivity contribution in [2.75, 3.05) is 12.4 Å². The molecule has 0 spiro atoms. The van der Waals surface area contributed by atoms with Crippen molar-refractivity contribution in [2.24, 2.45) is 5.73 Å². The van der Waals surface area contributed by atoms with E-state index in [1.807, 2.05) is 19.1 Å². The van der Waals surface area contributed by atoms with E-state index in [4.69, 9.17) is 5.73 Å². The lowest BCUT2D eigenvalue weighted by Gasteiger charge is -2.14. The second-order valence-electron chi connectivity index (χ2n) is 7.71. The van der Waals surface area contributed by atoms with Crippen LogP contribution in [0, 0.1) is 12.7 Å². The van der Waals surface area contributed by atoms with Crippen molar-refractivity contribution in [2.45, 2.75) is 32.4 Å². The van der Waals surface area contributed by atoms with Crippen LogP contribution >= 0.6 is 11.3 Å². The van der Waals surface area contributed by atoms with Crippen molar-refractivity contribution in [3.63, 3.8) is 0 Å². The van der Waals surface area contributed by atoms with Crippen molar-refractivity contribution >= 4 is 45.1 Å². The molecule has 1 unspecified atom stereocenters. The van der Waals surface area contributed by atoms with E-state index in [0.717, 1.165) is 27.0 Å². The highest BCUT2D eigenvalue weighted by Crippen LogP contribution is 2.33. The van der Waals surface area contributed by atoms with Gasteiger partial charge in [0.1, 0.15) is 11.6 Å². The topological polar surface area (TPSA) is 88.3 Å². The highest BCUT2D eigenvalue weighted by Gasteiger charge is 2.21. The predicted octanol–water partition coefficient (Wildman–Crippen LogP) is 3.63. The van der Waals surface area contributed by atoms with Gasteiger partial charge in [-0.1, -0.05) is 12.1 Å². The van der Waals surface area contributed by atoms with Gasteiger partial charge in [-0.2, -0.15) is 0 Å². The SMILES string of the molecule is Cc1c(CN(C)C(=O)/C=C/c2cnc3c(c2)CCC(N)C(=O)N3)sc2c(F)cccc12. The van der Waals surface area contributed by atoms with Gasteiger partial charge in [0.25, 0.3) is 0 Å². The maximum Gasteiger partial charge on any atom is 0.246 e. The number of anilines is 1. The van der Waals surface area contributed by atoms with Crippen LogP contribution in [0.15, 0.2) is 36.5 Å². The van der Waals surface area contributed by atoms with Crippen molar-refractivity contribution in [3.8, 4) is 0 Å². The van der Waals surface area contributed by atoms with E-state index in [0.29, 0.717) is 29.9 Å². The zero-order valence-electron chi connectivity index (χ0n) is 17.3. The van der Waals surface area contributed by atoms with E-state index in [2.05, 4.69) is 10.3 Å². The number of nitrogens with one attached hydrogen (secondary N) is 1. The number of fused-ring (bicyclic) bond motifs is 2. The minimum atomic E-state index is -0.547. The number of carbonyl (C=O) groups excluding carboxylic acids is 2. The molecular formula is C23H23FN4O2S. The number of amides is 2. The molecule has 1 aromatic carbocycles. The summed E-state index contributed by atoms with van der Waals surface area (Å²) in [6.45, 7) is 2.36. The summed E-state index contributed by atoms with van der Waals surface area (Å²) in [5.74, 6) is -0.116. The van der Waals surface area contributed by atoms with Crippen molar-refractivity contribution in [1.29, 1.82) is 0 Å². The monoisotopic (exact) mass is 438 g/mol. The average molecular weight is 439 g/mol. The Bertz CT molecular complexity index is 1200. The quantitative estimate of drug-likeness (QED) is 0.609. The molecule has 1 atom stereocenters. The lowest BCUT2D eigenvalue weighted by atomic mass is 10.1. The van der Waals surface area contributed by atoms with Crippen LogP contribution in [-0.4, -0.2) is 34.8 Å². The summed E-state index contributed by atoms with van der Waals surface area (Å²) in [5, 5.41) is 3.62. The first-order valence-corrected chi connectivity index (χ1v) is 10.8. The number of thiophene rings is 1. The maximum absolute atomic E-state index is 14.1. The molecule has 2 amide bonds. The highest BCUT2D eigenvalue weighted by atomic mass is 32.1. The molecular weight excluding hydrogens is 415 g/mol. The van der Waals surface area contributed by atoms with E-state index >= 15 is 0 Å². The van der Waals surface area contributed by atoms with Gasteiger partial charge in [0.15, 0.2) is 0 Å². The number of aryl methyl sites for hydroxylation is 2. The summed E-state index contributed by atoms with van der Waals surface area (Å²) in [6, 6.07) is 6.41. The molecule has 0 bridgehead atoms. The molecule has 0 saturated heterocycles. The minimum absolute atomic E-state index is 0.164. The van der Waals surface area contributed by atoms with Crippen LogP contribution in [0.2, 0.25) is 0 Å². The Hall–Kier alpha value is -3.10. The molecule has 3 N–H and O–H groups in total. The van der Waals surface area contributed by atoms with Crippen molar-refractivity contribution < 1.29 is 14.0 Å². The molecule has 6 nitrogen and oxygen atoms in total. The molecule has 0 saturated carbocycles. The molecule has 0 aliphatic carbocycles. The normalized spacial score (nSPS) is 16.3. The first-order chi connectivity index (χ1) is 14.8. The smallest absolute Gasteiger partial charge is 0.246 e. The number of hydrogen-bond donors (Lipinski definition) is 2. The zero-order chi connectivity index (χ0) is 22.1. The number of rotatable bonds is 4. The number of pyridine rings is 1. The Morgan fingerprint density at radius 2 is 2.26 bits per heavy atom. The van der Waals surface area contributed by atoms with Gasteiger partial charge in [0, 0.05) is 24.2 Å². The first-order valence-electron chi connectivity index (χ1n) is 9.98. The van der Waals surface area contributed by atoms with E-state index < -0.39 is 6.04 Å². The lowest BCUT2D eigenvalue weighted by molar-refractivity contribution is -0.125. The third-order valence-corrected chi connectivity index (χ3v) is 6.78. The second kappa shape index (κ2) is 8.56. The number of likely N-dealkylation sites (N-methyl/N-ethyl adjacent to an activating group) is 1. The number of halogens is 1. The number of benzene rings is 1. The molecule has 3 aromatic rings. The standard InChI is InChI=1S/C23H23FN4O2S/c1-13-16-4-3-5-17(24)21(16)31-19(13)12-28(2)20(29)9-6-14-10-15-7-8-18(25)23(30)27-22(15)26-11-14/h3-6,9-11,18H,7-8,12,25H2,1-2H3,(H,26,27,30)/b9-6+. The minimum Gasteiger partial charge on any atom is -0.337 e. The molecule has 4 rings (SSSR count). The number of hydrogen-bond acceptors (Lipinski definition) is 5. The van der Waals surface area contributed by atoms with E-state index in [-0.39, 0.29) is 17.6 Å². The Kier molecular flexibility index (Phi) is 5.84. The molecule has 2 aromatic heterocycles. The fourth-order valence-corrected chi connectivity index (χ4v) is 4.84. The zero-order valence-corrected chi connectivity index (χ0v) is 18.1. The Morgan fingerprint density at radius 1 is 1.45 bits per heavy atom. The Labute approximate surface area is 183 Å². The summed E-state index contributed by atoms with van der Waals surface area (Å²) in [7, 11) is 1.72. The fraction of sp³-hybridized carbons (Fsp3) is 0.261. The van der Waals surface area contributed by atoms with Gasteiger partial charge in [-0.25, -0.2) is 9.37 Å². The molecule has 0 fully saturated rings. The Balaban J connectivity index is 1.47. The fourth-order valence-electron chi connectivity index (χ4n) is 3.57. The molecule has 1 aliphatic heterocycles. The molecule has 160 valence electrons. The van der Waals surface area contributed by atoms with Gasteiger partial charge in [-0.15, -0.1) is 11.3 Å². The van der Waals surface area contributed by atoms with E-state index in [9.17, 15) is 14.0 Å². The summed E-state index contributed by atoms with van der Waals surface area (Å²) in [5.41, 5.74) is 8.47. The second-order valence-corrected chi connectivity index (χ2v) is 8.81. The summed E-state index contributed by atoms with van der Waals surface area (Å²) in [4.78, 5) is 31.3. The summed E-state index contributed by atoms with van der Waals surface area (Å²) < 4.78 is 14.7. The van der Waals surface area contributed by atoms with Gasteiger partial charge in [-0.3, -0.25) is 9.59 Å². The van der Waals surface area contributed by atoms with Crippen LogP contribution in [0.3, 0.4) is 0 Å². The van der Waals surface area contributed by atoms with Crippen LogP contribution in [0.4, 0.5) is 10.2 Å². The van der Waals surface area contributed by atoms with Crippen LogP contribution < -0.4 is 11.1 Å². The van der Waals surface area contributed by atoms with E-state index in [1.54, 1.807) is 30.3 Å².